The van der Waals surface area contributed by atoms with Gasteiger partial charge in [-0.15, -0.1) is 0 Å². The van der Waals surface area contributed by atoms with Gasteiger partial charge in [0, 0.05) is 14.1 Å². The molecule has 0 aromatic rings. The first-order valence-electron chi connectivity index (χ1n) is 5.16. The number of hydrogen-bond donors (Lipinski definition) is 1. The molecule has 6 nitrogen and oxygen atoms in total. The summed E-state index contributed by atoms with van der Waals surface area (Å²) in [5.41, 5.74) is -0.871. The molecule has 1 fully saturated rings. The van der Waals surface area contributed by atoms with Crippen LogP contribution in [0, 0.1) is 0 Å². The SMILES string of the molecule is CCC1(C)NC(=O)N(CC(=O)N(C)C)C1=O. The first kappa shape index (κ1) is 12.5. The number of carbonyl (C=O) groups is 3. The number of urea groups is 1. The van der Waals surface area contributed by atoms with E-state index in [1.807, 2.05) is 6.92 Å². The van der Waals surface area contributed by atoms with Crippen LogP contribution in [0.3, 0.4) is 0 Å². The zero-order valence-electron chi connectivity index (χ0n) is 10.0. The smallest absolute Gasteiger partial charge is 0.325 e. The Hall–Kier alpha value is -1.59. The molecular formula is C10H17N3O3. The van der Waals surface area contributed by atoms with Crippen molar-refractivity contribution >= 4 is 17.8 Å². The Morgan fingerprint density at radius 1 is 1.44 bits per heavy atom. The van der Waals surface area contributed by atoms with E-state index in [4.69, 9.17) is 0 Å². The molecule has 1 saturated heterocycles. The normalized spacial score (nSPS) is 24.6. The van der Waals surface area contributed by atoms with Crippen molar-refractivity contribution in [1.82, 2.24) is 15.1 Å². The average molecular weight is 227 g/mol. The van der Waals surface area contributed by atoms with Gasteiger partial charge in [-0.3, -0.25) is 14.5 Å². The van der Waals surface area contributed by atoms with E-state index in [0.29, 0.717) is 6.42 Å². The summed E-state index contributed by atoms with van der Waals surface area (Å²) in [7, 11) is 3.17. The molecule has 1 aliphatic rings. The van der Waals surface area contributed by atoms with Gasteiger partial charge in [0.05, 0.1) is 0 Å². The first-order chi connectivity index (χ1) is 7.31. The lowest BCUT2D eigenvalue weighted by Gasteiger charge is -2.19. The molecule has 16 heavy (non-hydrogen) atoms. The van der Waals surface area contributed by atoms with Gasteiger partial charge in [0.25, 0.3) is 5.91 Å². The molecule has 0 aromatic heterocycles. The summed E-state index contributed by atoms with van der Waals surface area (Å²) in [6, 6.07) is -0.496. The van der Waals surface area contributed by atoms with Gasteiger partial charge < -0.3 is 10.2 Å². The summed E-state index contributed by atoms with van der Waals surface area (Å²) in [5, 5.41) is 2.59. The molecular weight excluding hydrogens is 210 g/mol. The molecule has 1 rings (SSSR count). The number of carbonyl (C=O) groups excluding carboxylic acids is 3. The fraction of sp³-hybridized carbons (Fsp3) is 0.700. The Kier molecular flexibility index (Phi) is 3.21. The van der Waals surface area contributed by atoms with E-state index in [-0.39, 0.29) is 18.4 Å². The number of imide groups is 1. The minimum absolute atomic E-state index is 0.201. The molecule has 1 unspecified atom stereocenters. The molecule has 0 spiro atoms. The van der Waals surface area contributed by atoms with Gasteiger partial charge in [-0.2, -0.15) is 0 Å². The van der Waals surface area contributed by atoms with E-state index < -0.39 is 11.6 Å². The first-order valence-corrected chi connectivity index (χ1v) is 5.16. The van der Waals surface area contributed by atoms with Crippen LogP contribution < -0.4 is 5.32 Å². The van der Waals surface area contributed by atoms with E-state index in [1.54, 1.807) is 21.0 Å². The highest BCUT2D eigenvalue weighted by Crippen LogP contribution is 2.20. The van der Waals surface area contributed by atoms with Crippen LogP contribution in [-0.4, -0.2) is 53.8 Å². The number of nitrogens with zero attached hydrogens (tertiary/aromatic N) is 2. The highest BCUT2D eigenvalue weighted by molar-refractivity contribution is 6.08. The molecule has 1 N–H and O–H groups in total. The molecule has 0 aromatic carbocycles. The molecule has 0 radical (unpaired) electrons. The van der Waals surface area contributed by atoms with Gasteiger partial charge in [0.2, 0.25) is 5.91 Å². The number of nitrogens with one attached hydrogen (secondary N) is 1. The zero-order chi connectivity index (χ0) is 12.5. The topological polar surface area (TPSA) is 69.7 Å². The summed E-state index contributed by atoms with van der Waals surface area (Å²) in [6.45, 7) is 3.27. The second-order valence-electron chi connectivity index (χ2n) is 4.30. The predicted molar refractivity (Wildman–Crippen MR) is 57.6 cm³/mol. The molecule has 0 bridgehead atoms. The van der Waals surface area contributed by atoms with E-state index in [1.165, 1.54) is 4.90 Å². The van der Waals surface area contributed by atoms with Gasteiger partial charge in [0.15, 0.2) is 0 Å². The van der Waals surface area contributed by atoms with Crippen molar-refractivity contribution in [2.45, 2.75) is 25.8 Å². The van der Waals surface area contributed by atoms with Crippen LogP contribution in [-0.2, 0) is 9.59 Å². The Morgan fingerprint density at radius 2 is 2.00 bits per heavy atom. The standard InChI is InChI=1S/C10H17N3O3/c1-5-10(2)8(15)13(9(16)11-10)6-7(14)12(3)4/h5-6H2,1-4H3,(H,11,16). The third-order valence-corrected chi connectivity index (χ3v) is 2.84. The maximum Gasteiger partial charge on any atom is 0.325 e. The van der Waals surface area contributed by atoms with Crippen molar-refractivity contribution in [1.29, 1.82) is 0 Å². The second kappa shape index (κ2) is 4.11. The lowest BCUT2D eigenvalue weighted by molar-refractivity contribution is -0.137. The Balaban J connectivity index is 2.80. The number of hydrogen-bond acceptors (Lipinski definition) is 3. The van der Waals surface area contributed by atoms with E-state index in [0.717, 1.165) is 4.90 Å². The largest absolute Gasteiger partial charge is 0.347 e. The fourth-order valence-corrected chi connectivity index (χ4v) is 1.41. The minimum Gasteiger partial charge on any atom is -0.347 e. The molecule has 4 amide bonds. The Morgan fingerprint density at radius 3 is 2.38 bits per heavy atom. The van der Waals surface area contributed by atoms with Gasteiger partial charge in [-0.1, -0.05) is 6.92 Å². The maximum atomic E-state index is 11.9. The van der Waals surface area contributed by atoms with Crippen molar-refractivity contribution in [3.63, 3.8) is 0 Å². The minimum atomic E-state index is -0.871. The molecule has 1 aliphatic heterocycles. The quantitative estimate of drug-likeness (QED) is 0.678. The molecule has 6 heteroatoms. The van der Waals surface area contributed by atoms with Crippen molar-refractivity contribution in [2.75, 3.05) is 20.6 Å². The van der Waals surface area contributed by atoms with Crippen LogP contribution in [0.1, 0.15) is 20.3 Å². The lowest BCUT2D eigenvalue weighted by Crippen LogP contribution is -2.44. The van der Waals surface area contributed by atoms with Crippen LogP contribution in [0.4, 0.5) is 4.79 Å². The van der Waals surface area contributed by atoms with Crippen LogP contribution in [0.25, 0.3) is 0 Å². The highest BCUT2D eigenvalue weighted by atomic mass is 16.2. The number of rotatable bonds is 3. The third kappa shape index (κ3) is 2.00. The van der Waals surface area contributed by atoms with Gasteiger partial charge >= 0.3 is 6.03 Å². The van der Waals surface area contributed by atoms with Crippen molar-refractivity contribution in [2.24, 2.45) is 0 Å². The van der Waals surface area contributed by atoms with Crippen LogP contribution >= 0.6 is 0 Å². The number of likely N-dealkylation sites (N-methyl/N-ethyl adjacent to an activating group) is 1. The number of amides is 4. The van der Waals surface area contributed by atoms with Crippen LogP contribution in [0.2, 0.25) is 0 Å². The van der Waals surface area contributed by atoms with Crippen LogP contribution in [0.5, 0.6) is 0 Å². The second-order valence-corrected chi connectivity index (χ2v) is 4.30. The van der Waals surface area contributed by atoms with Crippen molar-refractivity contribution in [3.05, 3.63) is 0 Å². The van der Waals surface area contributed by atoms with Gasteiger partial charge in [0.1, 0.15) is 12.1 Å². The molecule has 0 saturated carbocycles. The molecule has 1 heterocycles. The average Bonchev–Trinajstić information content (AvgIpc) is 2.42. The van der Waals surface area contributed by atoms with E-state index >= 15 is 0 Å². The maximum absolute atomic E-state index is 11.9. The predicted octanol–water partition coefficient (Wildman–Crippen LogP) is -0.205. The summed E-state index contributed by atoms with van der Waals surface area (Å²) < 4.78 is 0. The van der Waals surface area contributed by atoms with Crippen molar-refractivity contribution in [3.8, 4) is 0 Å². The Labute approximate surface area is 94.6 Å². The summed E-state index contributed by atoms with van der Waals surface area (Å²) in [6.07, 6.45) is 0.504. The van der Waals surface area contributed by atoms with Gasteiger partial charge in [-0.05, 0) is 13.3 Å². The monoisotopic (exact) mass is 227 g/mol. The van der Waals surface area contributed by atoms with Crippen molar-refractivity contribution < 1.29 is 14.4 Å². The third-order valence-electron chi connectivity index (χ3n) is 2.84. The fourth-order valence-electron chi connectivity index (χ4n) is 1.41. The lowest BCUT2D eigenvalue weighted by atomic mass is 9.99. The zero-order valence-corrected chi connectivity index (χ0v) is 10.0. The van der Waals surface area contributed by atoms with Gasteiger partial charge in [-0.25, -0.2) is 4.79 Å². The summed E-state index contributed by atoms with van der Waals surface area (Å²) >= 11 is 0. The molecule has 0 aliphatic carbocycles. The molecule has 90 valence electrons. The van der Waals surface area contributed by atoms with E-state index in [9.17, 15) is 14.4 Å². The molecule has 1 atom stereocenters. The highest BCUT2D eigenvalue weighted by Gasteiger charge is 2.47. The summed E-state index contributed by atoms with van der Waals surface area (Å²) in [4.78, 5) is 37.2. The van der Waals surface area contributed by atoms with E-state index in [2.05, 4.69) is 5.32 Å². The summed E-state index contributed by atoms with van der Waals surface area (Å²) in [5.74, 6) is -0.612. The van der Waals surface area contributed by atoms with Crippen LogP contribution in [0.15, 0.2) is 0 Å². The Bertz CT molecular complexity index is 340.